The number of halogens is 3. The van der Waals surface area contributed by atoms with Gasteiger partial charge in [0.05, 0.1) is 11.2 Å². The highest BCUT2D eigenvalue weighted by Gasteiger charge is 2.46. The summed E-state index contributed by atoms with van der Waals surface area (Å²) in [5.41, 5.74) is 5.33. The molecule has 1 atom stereocenters. The molecule has 1 aromatic heterocycles. The van der Waals surface area contributed by atoms with Crippen LogP contribution in [0.1, 0.15) is 62.6 Å². The molecule has 2 heterocycles. The number of thioether (sulfide) groups is 1. The number of aryl methyl sites for hydroxylation is 1. The van der Waals surface area contributed by atoms with E-state index in [0.29, 0.717) is 17.4 Å². The van der Waals surface area contributed by atoms with E-state index in [1.54, 1.807) is 11.8 Å². The van der Waals surface area contributed by atoms with E-state index in [1.165, 1.54) is 46.4 Å². The average Bonchev–Trinajstić information content (AvgIpc) is 3.60. The van der Waals surface area contributed by atoms with Gasteiger partial charge < -0.3 is 15.0 Å². The summed E-state index contributed by atoms with van der Waals surface area (Å²) in [5.74, 6) is 1.39. The first-order chi connectivity index (χ1) is 21.9. The number of urea groups is 1. The number of nitrogens with zero attached hydrogens (tertiary/aromatic N) is 5. The molecule has 1 saturated heterocycles. The monoisotopic (exact) mass is 648 g/mol. The summed E-state index contributed by atoms with van der Waals surface area (Å²) in [4.78, 5) is 24.6. The molecule has 1 aliphatic carbocycles. The van der Waals surface area contributed by atoms with Gasteiger partial charge in [0.25, 0.3) is 0 Å². The van der Waals surface area contributed by atoms with Crippen LogP contribution in [-0.4, -0.2) is 44.1 Å². The van der Waals surface area contributed by atoms with E-state index in [1.807, 2.05) is 24.3 Å². The molecule has 8 nitrogen and oxygen atoms in total. The summed E-state index contributed by atoms with van der Waals surface area (Å²) >= 11 is 1.62. The maximum Gasteiger partial charge on any atom is 0.573 e. The Balaban J connectivity index is 1.16. The van der Waals surface area contributed by atoms with Crippen LogP contribution in [0.25, 0.3) is 17.1 Å². The molecular weight excluding hydrogens is 613 g/mol. The number of hydrogen-bond acceptors (Lipinski definition) is 5. The fraction of sp³-hybridized carbons (Fsp3) is 0.353. The van der Waals surface area contributed by atoms with Gasteiger partial charge in [-0.25, -0.2) is 14.5 Å². The number of aromatic nitrogens is 3. The number of nitrogens with one attached hydrogen (secondary N) is 1. The zero-order chi connectivity index (χ0) is 32.6. The van der Waals surface area contributed by atoms with Gasteiger partial charge in [0, 0.05) is 23.0 Å². The van der Waals surface area contributed by atoms with E-state index in [4.69, 9.17) is 0 Å². The number of hydrogen-bond donors (Lipinski definition) is 1. The maximum atomic E-state index is 13.4. The number of amidine groups is 1. The van der Waals surface area contributed by atoms with Gasteiger partial charge >= 0.3 is 12.4 Å². The Morgan fingerprint density at radius 3 is 2.46 bits per heavy atom. The highest BCUT2D eigenvalue weighted by atomic mass is 32.2. The van der Waals surface area contributed by atoms with Crippen LogP contribution in [0.4, 0.5) is 23.7 Å². The predicted molar refractivity (Wildman–Crippen MR) is 175 cm³/mol. The summed E-state index contributed by atoms with van der Waals surface area (Å²) in [6.45, 7) is 8.64. The van der Waals surface area contributed by atoms with Crippen molar-refractivity contribution in [1.29, 1.82) is 0 Å². The maximum absolute atomic E-state index is 13.4. The second-order valence-electron chi connectivity index (χ2n) is 12.1. The average molecular weight is 649 g/mol. The fourth-order valence-corrected chi connectivity index (χ4v) is 6.88. The van der Waals surface area contributed by atoms with Crippen LogP contribution in [0, 0.1) is 6.92 Å². The Bertz CT molecular complexity index is 1750. The number of rotatable bonds is 7. The molecule has 12 heteroatoms. The van der Waals surface area contributed by atoms with Gasteiger partial charge in [-0.05, 0) is 86.1 Å². The molecule has 2 fully saturated rings. The summed E-state index contributed by atoms with van der Waals surface area (Å²) in [6, 6.07) is 19.5. The third kappa shape index (κ3) is 6.91. The highest BCUT2D eigenvalue weighted by Crippen LogP contribution is 2.46. The Kier molecular flexibility index (Phi) is 8.58. The molecule has 3 aromatic carbocycles. The van der Waals surface area contributed by atoms with Gasteiger partial charge in [-0.15, -0.1) is 18.3 Å². The highest BCUT2D eigenvalue weighted by molar-refractivity contribution is 8.14. The van der Waals surface area contributed by atoms with Crippen LogP contribution in [0.5, 0.6) is 5.75 Å². The van der Waals surface area contributed by atoms with Crippen LogP contribution >= 0.6 is 11.8 Å². The lowest BCUT2D eigenvalue weighted by molar-refractivity contribution is -0.274. The number of carbonyl (C=O) groups excluding carboxylic acids is 1. The second-order valence-corrected chi connectivity index (χ2v) is 13.2. The molecule has 6 rings (SSSR count). The molecule has 1 unspecified atom stereocenters. The van der Waals surface area contributed by atoms with E-state index >= 15 is 0 Å². The molecule has 2 amide bonds. The second kappa shape index (κ2) is 12.5. The van der Waals surface area contributed by atoms with Crippen molar-refractivity contribution in [2.45, 2.75) is 70.8 Å². The summed E-state index contributed by atoms with van der Waals surface area (Å²) < 4.78 is 42.8. The molecule has 1 saturated carbocycles. The fourth-order valence-electron chi connectivity index (χ4n) is 5.67. The Labute approximate surface area is 270 Å². The van der Waals surface area contributed by atoms with Gasteiger partial charge in [-0.2, -0.15) is 4.99 Å². The topological polar surface area (TPSA) is 84.6 Å². The first-order valence-electron chi connectivity index (χ1n) is 15.2. The van der Waals surface area contributed by atoms with Crippen molar-refractivity contribution in [3.8, 4) is 22.8 Å². The van der Waals surface area contributed by atoms with Gasteiger partial charge in [-0.3, -0.25) is 0 Å². The van der Waals surface area contributed by atoms with E-state index in [0.717, 1.165) is 47.0 Å². The van der Waals surface area contributed by atoms with Crippen LogP contribution in [0.15, 0.2) is 78.0 Å². The van der Waals surface area contributed by atoms with Crippen molar-refractivity contribution in [1.82, 2.24) is 20.1 Å². The number of carbonyl (C=O) groups is 1. The number of aliphatic imine (C=N–C) groups is 1. The normalized spacial score (nSPS) is 18.6. The molecule has 0 radical (unpaired) electrons. The van der Waals surface area contributed by atoms with Crippen molar-refractivity contribution in [3.05, 3.63) is 89.7 Å². The van der Waals surface area contributed by atoms with Gasteiger partial charge in [0.1, 0.15) is 12.1 Å². The Hall–Kier alpha value is -4.32. The van der Waals surface area contributed by atoms with Crippen molar-refractivity contribution >= 4 is 28.6 Å². The lowest BCUT2D eigenvalue weighted by atomic mass is 9.98. The van der Waals surface area contributed by atoms with Crippen molar-refractivity contribution in [3.63, 3.8) is 0 Å². The third-order valence-electron chi connectivity index (χ3n) is 8.30. The largest absolute Gasteiger partial charge is 0.573 e. The van der Waals surface area contributed by atoms with E-state index in [2.05, 4.69) is 75.9 Å². The molecule has 4 aromatic rings. The molecule has 0 spiro atoms. The number of ether oxygens (including phenoxy) is 1. The molecule has 1 aliphatic heterocycles. The van der Waals surface area contributed by atoms with E-state index in [-0.39, 0.29) is 17.8 Å². The van der Waals surface area contributed by atoms with Gasteiger partial charge in [-0.1, -0.05) is 62.0 Å². The predicted octanol–water partition coefficient (Wildman–Crippen LogP) is 8.35. The third-order valence-corrected chi connectivity index (χ3v) is 9.28. The molecule has 2 aliphatic rings. The number of amides is 2. The van der Waals surface area contributed by atoms with Crippen LogP contribution < -0.4 is 15.0 Å². The molecule has 46 heavy (non-hydrogen) atoms. The number of alkyl halides is 3. The van der Waals surface area contributed by atoms with E-state index in [9.17, 15) is 18.0 Å². The summed E-state index contributed by atoms with van der Waals surface area (Å²) in [5, 5.41) is 8.39. The number of anilines is 1. The minimum Gasteiger partial charge on any atom is -0.406 e. The molecular formula is C34H35F3N6O2S. The number of benzene rings is 3. The van der Waals surface area contributed by atoms with Crippen molar-refractivity contribution in [2.75, 3.05) is 10.7 Å². The van der Waals surface area contributed by atoms with Crippen LogP contribution in [-0.2, 0) is 5.54 Å². The van der Waals surface area contributed by atoms with Crippen LogP contribution in [0.3, 0.4) is 0 Å². The Morgan fingerprint density at radius 1 is 1.09 bits per heavy atom. The van der Waals surface area contributed by atoms with Crippen molar-refractivity contribution < 1.29 is 22.7 Å². The molecule has 0 bridgehead atoms. The smallest absolute Gasteiger partial charge is 0.406 e. The summed E-state index contributed by atoms with van der Waals surface area (Å²) in [7, 11) is 0. The summed E-state index contributed by atoms with van der Waals surface area (Å²) in [6.07, 6.45) is -0.626. The lowest BCUT2D eigenvalue weighted by Crippen LogP contribution is -2.43. The van der Waals surface area contributed by atoms with Gasteiger partial charge in [0.2, 0.25) is 0 Å². The minimum absolute atomic E-state index is 0.217. The quantitative estimate of drug-likeness (QED) is 0.217. The lowest BCUT2D eigenvalue weighted by Gasteiger charge is -2.37. The molecule has 240 valence electrons. The SMILES string of the molecule is Cc1ccc(C(C)C)c(N2/C(=N/C(=O)NC3(c4ccc(-c5ncn(-c6ccc(OC(F)(F)F)cc6)n5)cc4)CC3)SCCC2C)c1. The zero-order valence-electron chi connectivity index (χ0n) is 26.0. The van der Waals surface area contributed by atoms with Gasteiger partial charge in [0.15, 0.2) is 11.0 Å². The van der Waals surface area contributed by atoms with Crippen LogP contribution in [0.2, 0.25) is 0 Å². The van der Waals surface area contributed by atoms with Crippen molar-refractivity contribution in [2.24, 2.45) is 4.99 Å². The first kappa shape index (κ1) is 31.7. The van der Waals surface area contributed by atoms with E-state index < -0.39 is 11.9 Å². The Morgan fingerprint density at radius 2 is 1.80 bits per heavy atom. The standard InChI is InChI=1S/C34H35F3N6O2S/c1-21(2)28-14-5-22(3)19-29(28)43-23(4)15-18-46-32(43)39-31(44)40-33(16-17-33)25-8-6-24(7-9-25)30-38-20-42(41-30)26-10-12-27(13-11-26)45-34(35,36)37/h5-14,19-21,23H,15-18H2,1-4H3,(H,40,44)/b39-32-. The zero-order valence-corrected chi connectivity index (χ0v) is 26.8. The minimum atomic E-state index is -4.75. The first-order valence-corrected chi connectivity index (χ1v) is 16.2. The molecule has 1 N–H and O–H groups in total.